The van der Waals surface area contributed by atoms with Crippen molar-refractivity contribution in [3.63, 3.8) is 0 Å². The molecule has 10 heavy (non-hydrogen) atoms. The van der Waals surface area contributed by atoms with Gasteiger partial charge >= 0.3 is 0 Å². The molecule has 0 amide bonds. The first-order valence-corrected chi connectivity index (χ1v) is 6.17. The molecule has 0 aromatic heterocycles. The van der Waals surface area contributed by atoms with Crippen molar-refractivity contribution in [1.82, 2.24) is 0 Å². The van der Waals surface area contributed by atoms with Gasteiger partial charge in [-0.3, -0.25) is 0 Å². The van der Waals surface area contributed by atoms with Crippen LogP contribution < -0.4 is 5.73 Å². The minimum atomic E-state index is 0.314. The molecule has 2 heteroatoms. The van der Waals surface area contributed by atoms with Crippen molar-refractivity contribution in [2.24, 2.45) is 5.73 Å². The van der Waals surface area contributed by atoms with E-state index >= 15 is 0 Å². The van der Waals surface area contributed by atoms with Crippen LogP contribution in [0.3, 0.4) is 0 Å². The molecule has 0 rings (SSSR count). The summed E-state index contributed by atoms with van der Waals surface area (Å²) in [6.07, 6.45) is 6.83. The lowest BCUT2D eigenvalue weighted by Gasteiger charge is -2.13. The molecule has 0 saturated carbocycles. The topological polar surface area (TPSA) is 26.0 Å². The lowest BCUT2D eigenvalue weighted by Crippen LogP contribution is -2.06. The van der Waals surface area contributed by atoms with Gasteiger partial charge in [0.25, 0.3) is 0 Å². The van der Waals surface area contributed by atoms with Gasteiger partial charge in [-0.2, -0.15) is 0 Å². The maximum Gasteiger partial charge on any atom is -0.00378 e. The fourth-order valence-electron chi connectivity index (χ4n) is 1.15. The SMILES string of the molecule is CCCP(CCC)CCN. The fraction of sp³-hybridized carbons (Fsp3) is 1.00. The molecule has 0 atom stereocenters. The molecule has 0 unspecified atom stereocenters. The molecular weight excluding hydrogens is 141 g/mol. The predicted molar refractivity (Wildman–Crippen MR) is 51.2 cm³/mol. The maximum atomic E-state index is 5.51. The van der Waals surface area contributed by atoms with Crippen molar-refractivity contribution in [3.05, 3.63) is 0 Å². The summed E-state index contributed by atoms with van der Waals surface area (Å²) in [5, 5.41) is 0. The molecule has 2 N–H and O–H groups in total. The van der Waals surface area contributed by atoms with Crippen LogP contribution in [0.2, 0.25) is 0 Å². The molecule has 0 bridgehead atoms. The highest BCUT2D eigenvalue weighted by atomic mass is 31.1. The Bertz CT molecular complexity index is 52.0. The summed E-state index contributed by atoms with van der Waals surface area (Å²) in [5.74, 6) is 0. The van der Waals surface area contributed by atoms with Crippen molar-refractivity contribution in [3.8, 4) is 0 Å². The number of rotatable bonds is 6. The molecule has 0 saturated heterocycles. The standard InChI is InChI=1S/C8H20NP/c1-3-6-10(7-4-2)8-5-9/h3-9H2,1-2H3. The van der Waals surface area contributed by atoms with Gasteiger partial charge in [0.1, 0.15) is 0 Å². The predicted octanol–water partition coefficient (Wildman–Crippen LogP) is 2.25. The molecule has 0 fully saturated rings. The van der Waals surface area contributed by atoms with E-state index in [1.165, 1.54) is 31.3 Å². The second kappa shape index (κ2) is 7.50. The molecule has 0 aromatic rings. The Hall–Kier alpha value is 0.390. The second-order valence-electron chi connectivity index (χ2n) is 2.63. The van der Waals surface area contributed by atoms with Crippen LogP contribution in [0, 0.1) is 0 Å². The molecule has 0 heterocycles. The van der Waals surface area contributed by atoms with Gasteiger partial charge in [-0.05, 0) is 25.0 Å². The summed E-state index contributed by atoms with van der Waals surface area (Å²) in [5.41, 5.74) is 5.51. The Morgan fingerprint density at radius 2 is 1.50 bits per heavy atom. The molecule has 1 nitrogen and oxygen atoms in total. The third-order valence-electron chi connectivity index (χ3n) is 1.52. The Labute approximate surface area is 66.1 Å². The summed E-state index contributed by atoms with van der Waals surface area (Å²) >= 11 is 0. The molecule has 62 valence electrons. The first kappa shape index (κ1) is 10.4. The Morgan fingerprint density at radius 1 is 1.00 bits per heavy atom. The Morgan fingerprint density at radius 3 is 1.80 bits per heavy atom. The zero-order valence-electron chi connectivity index (χ0n) is 7.27. The third-order valence-corrected chi connectivity index (χ3v) is 4.57. The van der Waals surface area contributed by atoms with Crippen molar-refractivity contribution in [2.75, 3.05) is 25.0 Å². The maximum absolute atomic E-state index is 5.51. The Balaban J connectivity index is 3.30. The van der Waals surface area contributed by atoms with Crippen LogP contribution in [-0.2, 0) is 0 Å². The highest BCUT2D eigenvalue weighted by Crippen LogP contribution is 2.35. The van der Waals surface area contributed by atoms with Gasteiger partial charge in [-0.1, -0.05) is 26.7 Å². The molecule has 0 aromatic carbocycles. The van der Waals surface area contributed by atoms with E-state index in [0.29, 0.717) is 7.92 Å². The summed E-state index contributed by atoms with van der Waals surface area (Å²) in [4.78, 5) is 0. The number of hydrogen-bond donors (Lipinski definition) is 1. The molecule has 0 aliphatic rings. The average Bonchev–Trinajstić information content (AvgIpc) is 1.90. The first-order valence-electron chi connectivity index (χ1n) is 4.27. The van der Waals surface area contributed by atoms with E-state index in [2.05, 4.69) is 13.8 Å². The van der Waals surface area contributed by atoms with Crippen LogP contribution in [0.15, 0.2) is 0 Å². The first-order chi connectivity index (χ1) is 4.85. The van der Waals surface area contributed by atoms with Crippen LogP contribution in [0.1, 0.15) is 26.7 Å². The monoisotopic (exact) mass is 161 g/mol. The summed E-state index contributed by atoms with van der Waals surface area (Å²) in [7, 11) is 0.314. The largest absolute Gasteiger partial charge is 0.330 e. The van der Waals surface area contributed by atoms with Crippen LogP contribution in [0.4, 0.5) is 0 Å². The highest BCUT2D eigenvalue weighted by Gasteiger charge is 2.02. The lowest BCUT2D eigenvalue weighted by molar-refractivity contribution is 1.03. The summed E-state index contributed by atoms with van der Waals surface area (Å²) < 4.78 is 0. The van der Waals surface area contributed by atoms with Gasteiger partial charge in [0.15, 0.2) is 0 Å². The third kappa shape index (κ3) is 5.20. The lowest BCUT2D eigenvalue weighted by atomic mass is 10.6. The Kier molecular flexibility index (Phi) is 7.79. The van der Waals surface area contributed by atoms with E-state index < -0.39 is 0 Å². The smallest absolute Gasteiger partial charge is 0.00378 e. The normalized spacial score (nSPS) is 10.8. The number of hydrogen-bond acceptors (Lipinski definition) is 1. The minimum Gasteiger partial charge on any atom is -0.330 e. The van der Waals surface area contributed by atoms with Crippen LogP contribution in [-0.4, -0.2) is 25.0 Å². The molecule has 0 radical (unpaired) electrons. The zero-order chi connectivity index (χ0) is 7.82. The molecular formula is C8H20NP. The fourth-order valence-corrected chi connectivity index (χ4v) is 3.45. The van der Waals surface area contributed by atoms with Gasteiger partial charge in [-0.25, -0.2) is 0 Å². The molecule has 0 aliphatic heterocycles. The molecule has 0 spiro atoms. The van der Waals surface area contributed by atoms with Gasteiger partial charge < -0.3 is 5.73 Å². The van der Waals surface area contributed by atoms with E-state index in [1.54, 1.807) is 0 Å². The van der Waals surface area contributed by atoms with Crippen molar-refractivity contribution >= 4 is 7.92 Å². The van der Waals surface area contributed by atoms with E-state index in [9.17, 15) is 0 Å². The van der Waals surface area contributed by atoms with Crippen molar-refractivity contribution in [2.45, 2.75) is 26.7 Å². The van der Waals surface area contributed by atoms with Crippen LogP contribution in [0.25, 0.3) is 0 Å². The van der Waals surface area contributed by atoms with E-state index in [1.807, 2.05) is 0 Å². The minimum absolute atomic E-state index is 0.314. The number of nitrogens with two attached hydrogens (primary N) is 1. The second-order valence-corrected chi connectivity index (χ2v) is 5.31. The highest BCUT2D eigenvalue weighted by molar-refractivity contribution is 7.57. The molecule has 0 aliphatic carbocycles. The van der Waals surface area contributed by atoms with E-state index in [0.717, 1.165) is 6.54 Å². The quantitative estimate of drug-likeness (QED) is 0.594. The van der Waals surface area contributed by atoms with Gasteiger partial charge in [0, 0.05) is 0 Å². The van der Waals surface area contributed by atoms with Crippen molar-refractivity contribution < 1.29 is 0 Å². The van der Waals surface area contributed by atoms with Gasteiger partial charge in [-0.15, -0.1) is 7.92 Å². The van der Waals surface area contributed by atoms with Crippen molar-refractivity contribution in [1.29, 1.82) is 0 Å². The zero-order valence-corrected chi connectivity index (χ0v) is 8.16. The van der Waals surface area contributed by atoms with Crippen LogP contribution in [0.5, 0.6) is 0 Å². The van der Waals surface area contributed by atoms with Crippen LogP contribution >= 0.6 is 7.92 Å². The van der Waals surface area contributed by atoms with Gasteiger partial charge in [0.05, 0.1) is 0 Å². The average molecular weight is 161 g/mol. The summed E-state index contributed by atoms with van der Waals surface area (Å²) in [6.45, 7) is 5.43. The van der Waals surface area contributed by atoms with E-state index in [4.69, 9.17) is 5.73 Å². The summed E-state index contributed by atoms with van der Waals surface area (Å²) in [6, 6.07) is 0. The van der Waals surface area contributed by atoms with E-state index in [-0.39, 0.29) is 0 Å². The van der Waals surface area contributed by atoms with Gasteiger partial charge in [0.2, 0.25) is 0 Å².